The number of nitrogens with one attached hydrogen (secondary N) is 1. The minimum absolute atomic E-state index is 0.0503. The fraction of sp³-hybridized carbons (Fsp3) is 0.478. The zero-order chi connectivity index (χ0) is 21.3. The van der Waals surface area contributed by atoms with Crippen molar-refractivity contribution in [2.45, 2.75) is 45.8 Å². The van der Waals surface area contributed by atoms with Crippen molar-refractivity contribution in [3.63, 3.8) is 0 Å². The Morgan fingerprint density at radius 3 is 2.87 bits per heavy atom. The molecule has 1 fully saturated rings. The summed E-state index contributed by atoms with van der Waals surface area (Å²) in [5, 5.41) is 5.03. The normalized spacial score (nSPS) is 19.4. The van der Waals surface area contributed by atoms with Gasteiger partial charge in [-0.15, -0.1) is 11.3 Å². The van der Waals surface area contributed by atoms with E-state index in [1.807, 2.05) is 11.0 Å². The van der Waals surface area contributed by atoms with Crippen molar-refractivity contribution in [1.29, 1.82) is 0 Å². The van der Waals surface area contributed by atoms with E-state index in [0.717, 1.165) is 30.8 Å². The lowest BCUT2D eigenvalue weighted by Crippen LogP contribution is -2.56. The SMILES string of the molecule is COc1ccc(CN2CCNC(=O)[C@@H]2CC(=O)N2CCc3sccc3C2)c(C)c1C. The fourth-order valence-electron chi connectivity index (χ4n) is 4.39. The highest BCUT2D eigenvalue weighted by atomic mass is 32.1. The van der Waals surface area contributed by atoms with Crippen LogP contribution in [0.3, 0.4) is 0 Å². The van der Waals surface area contributed by atoms with Gasteiger partial charge in [0.25, 0.3) is 0 Å². The van der Waals surface area contributed by atoms with E-state index in [9.17, 15) is 9.59 Å². The van der Waals surface area contributed by atoms with Crippen molar-refractivity contribution >= 4 is 23.2 Å². The summed E-state index contributed by atoms with van der Waals surface area (Å²) in [6.45, 7) is 7.53. The van der Waals surface area contributed by atoms with Crippen LogP contribution >= 0.6 is 11.3 Å². The second-order valence-corrected chi connectivity index (χ2v) is 9.09. The van der Waals surface area contributed by atoms with Crippen LogP contribution in [0, 0.1) is 13.8 Å². The average Bonchev–Trinajstić information content (AvgIpc) is 3.22. The number of amides is 2. The molecule has 0 spiro atoms. The predicted octanol–water partition coefficient (Wildman–Crippen LogP) is 2.65. The van der Waals surface area contributed by atoms with Crippen LogP contribution in [0.5, 0.6) is 5.75 Å². The van der Waals surface area contributed by atoms with Crippen LogP contribution in [-0.2, 0) is 29.1 Å². The van der Waals surface area contributed by atoms with E-state index in [4.69, 9.17) is 4.74 Å². The molecule has 0 aliphatic carbocycles. The van der Waals surface area contributed by atoms with Crippen molar-refractivity contribution in [2.24, 2.45) is 0 Å². The molecule has 0 saturated carbocycles. The minimum atomic E-state index is -0.433. The van der Waals surface area contributed by atoms with Crippen molar-refractivity contribution in [2.75, 3.05) is 26.7 Å². The molecule has 0 radical (unpaired) electrons. The number of methoxy groups -OCH3 is 1. The fourth-order valence-corrected chi connectivity index (χ4v) is 5.28. The standard InChI is InChI=1S/C23H29N3O3S/c1-15-16(2)20(29-3)5-4-17(15)13-25-10-8-24-23(28)19(25)12-22(27)26-9-6-21-18(14-26)7-11-30-21/h4-5,7,11,19H,6,8-10,12-14H2,1-3H3,(H,24,28)/t19-/m0/s1. The molecule has 0 unspecified atom stereocenters. The number of piperazine rings is 1. The van der Waals surface area contributed by atoms with Crippen LogP contribution in [0.1, 0.15) is 33.6 Å². The summed E-state index contributed by atoms with van der Waals surface area (Å²) < 4.78 is 5.42. The van der Waals surface area contributed by atoms with E-state index >= 15 is 0 Å². The lowest BCUT2D eigenvalue weighted by molar-refractivity contribution is -0.139. The molecule has 2 amide bonds. The van der Waals surface area contributed by atoms with Gasteiger partial charge in [-0.25, -0.2) is 0 Å². The summed E-state index contributed by atoms with van der Waals surface area (Å²) in [7, 11) is 1.68. The molecule has 160 valence electrons. The number of fused-ring (bicyclic) bond motifs is 1. The lowest BCUT2D eigenvalue weighted by atomic mass is 9.99. The number of ether oxygens (including phenoxy) is 1. The van der Waals surface area contributed by atoms with E-state index in [2.05, 4.69) is 41.6 Å². The highest BCUT2D eigenvalue weighted by Gasteiger charge is 2.34. The highest BCUT2D eigenvalue weighted by Crippen LogP contribution is 2.27. The third kappa shape index (κ3) is 4.09. The van der Waals surface area contributed by atoms with Gasteiger partial charge in [0, 0.05) is 37.6 Å². The number of carbonyl (C=O) groups is 2. The molecule has 1 aromatic heterocycles. The molecule has 1 N–H and O–H groups in total. The van der Waals surface area contributed by atoms with Crippen LogP contribution in [-0.4, -0.2) is 54.4 Å². The Hall–Kier alpha value is -2.38. The molecule has 30 heavy (non-hydrogen) atoms. The molecule has 4 rings (SSSR count). The molecule has 2 aliphatic rings. The number of benzene rings is 1. The summed E-state index contributed by atoms with van der Waals surface area (Å²) in [5.41, 5.74) is 4.70. The summed E-state index contributed by atoms with van der Waals surface area (Å²) in [4.78, 5) is 31.2. The Morgan fingerprint density at radius 2 is 2.07 bits per heavy atom. The molecule has 2 aliphatic heterocycles. The summed E-state index contributed by atoms with van der Waals surface area (Å²) in [6, 6.07) is 5.72. The van der Waals surface area contributed by atoms with Gasteiger partial charge in [-0.2, -0.15) is 0 Å². The van der Waals surface area contributed by atoms with Crippen molar-refractivity contribution in [3.8, 4) is 5.75 Å². The third-order valence-electron chi connectivity index (χ3n) is 6.41. The smallest absolute Gasteiger partial charge is 0.237 e. The molecule has 3 heterocycles. The molecule has 2 aromatic rings. The Morgan fingerprint density at radius 1 is 1.23 bits per heavy atom. The molecule has 1 aromatic carbocycles. The highest BCUT2D eigenvalue weighted by molar-refractivity contribution is 7.10. The van der Waals surface area contributed by atoms with E-state index in [1.54, 1.807) is 18.4 Å². The van der Waals surface area contributed by atoms with Gasteiger partial charge in [-0.3, -0.25) is 14.5 Å². The monoisotopic (exact) mass is 427 g/mol. The van der Waals surface area contributed by atoms with Crippen LogP contribution < -0.4 is 10.1 Å². The molecular formula is C23H29N3O3S. The first kappa shape index (κ1) is 20.9. The number of hydrogen-bond acceptors (Lipinski definition) is 5. The first-order valence-electron chi connectivity index (χ1n) is 10.5. The van der Waals surface area contributed by atoms with Crippen LogP contribution in [0.15, 0.2) is 23.6 Å². The summed E-state index contributed by atoms with van der Waals surface area (Å²) in [6.07, 6.45) is 1.13. The lowest BCUT2D eigenvalue weighted by Gasteiger charge is -2.36. The first-order valence-corrected chi connectivity index (χ1v) is 11.3. The van der Waals surface area contributed by atoms with Crippen LogP contribution in [0.25, 0.3) is 0 Å². The molecule has 6 nitrogen and oxygen atoms in total. The first-order chi connectivity index (χ1) is 14.5. The number of hydrogen-bond donors (Lipinski definition) is 1. The molecule has 1 saturated heterocycles. The maximum Gasteiger partial charge on any atom is 0.237 e. The van der Waals surface area contributed by atoms with Crippen molar-refractivity contribution in [3.05, 3.63) is 50.7 Å². The number of nitrogens with zero attached hydrogens (tertiary/aromatic N) is 2. The molecule has 7 heteroatoms. The Bertz CT molecular complexity index is 955. The third-order valence-corrected chi connectivity index (χ3v) is 7.44. The number of thiophene rings is 1. The van der Waals surface area contributed by atoms with Gasteiger partial charge in [-0.05, 0) is 60.0 Å². The Kier molecular flexibility index (Phi) is 6.11. The molecule has 1 atom stereocenters. The second kappa shape index (κ2) is 8.78. The van der Waals surface area contributed by atoms with Gasteiger partial charge in [0.05, 0.1) is 19.6 Å². The molecular weight excluding hydrogens is 398 g/mol. The van der Waals surface area contributed by atoms with Crippen LogP contribution in [0.4, 0.5) is 0 Å². The largest absolute Gasteiger partial charge is 0.496 e. The number of rotatable bonds is 5. The number of carbonyl (C=O) groups excluding carboxylic acids is 2. The maximum atomic E-state index is 13.1. The zero-order valence-electron chi connectivity index (χ0n) is 17.9. The van der Waals surface area contributed by atoms with Gasteiger partial charge in [-0.1, -0.05) is 6.07 Å². The van der Waals surface area contributed by atoms with E-state index in [-0.39, 0.29) is 18.2 Å². The van der Waals surface area contributed by atoms with Gasteiger partial charge in [0.1, 0.15) is 5.75 Å². The zero-order valence-corrected chi connectivity index (χ0v) is 18.7. The van der Waals surface area contributed by atoms with Gasteiger partial charge in [0.15, 0.2) is 0 Å². The Balaban J connectivity index is 1.48. The van der Waals surface area contributed by atoms with E-state index in [0.29, 0.717) is 19.6 Å². The Labute approximate surface area is 181 Å². The van der Waals surface area contributed by atoms with Gasteiger partial charge >= 0.3 is 0 Å². The summed E-state index contributed by atoms with van der Waals surface area (Å²) in [5.74, 6) is 0.879. The van der Waals surface area contributed by atoms with Gasteiger partial charge < -0.3 is 15.0 Å². The maximum absolute atomic E-state index is 13.1. The average molecular weight is 428 g/mol. The van der Waals surface area contributed by atoms with Crippen molar-refractivity contribution in [1.82, 2.24) is 15.1 Å². The minimum Gasteiger partial charge on any atom is -0.496 e. The predicted molar refractivity (Wildman–Crippen MR) is 118 cm³/mol. The topological polar surface area (TPSA) is 61.9 Å². The van der Waals surface area contributed by atoms with Crippen molar-refractivity contribution < 1.29 is 14.3 Å². The quantitative estimate of drug-likeness (QED) is 0.797. The van der Waals surface area contributed by atoms with E-state index in [1.165, 1.54) is 21.6 Å². The van der Waals surface area contributed by atoms with Crippen LogP contribution in [0.2, 0.25) is 0 Å². The molecule has 0 bridgehead atoms. The van der Waals surface area contributed by atoms with Gasteiger partial charge in [0.2, 0.25) is 11.8 Å². The second-order valence-electron chi connectivity index (χ2n) is 8.09. The van der Waals surface area contributed by atoms with E-state index < -0.39 is 6.04 Å². The summed E-state index contributed by atoms with van der Waals surface area (Å²) >= 11 is 1.76.